The number of hydrogen-bond acceptors (Lipinski definition) is 3. The molecule has 0 heterocycles. The van der Waals surface area contributed by atoms with Crippen molar-refractivity contribution in [1.82, 2.24) is 0 Å². The van der Waals surface area contributed by atoms with Gasteiger partial charge in [-0.2, -0.15) is 24.9 Å². The zero-order valence-corrected chi connectivity index (χ0v) is 9.70. The van der Waals surface area contributed by atoms with Gasteiger partial charge in [0.25, 0.3) is 0 Å². The van der Waals surface area contributed by atoms with Gasteiger partial charge in [-0.15, -0.1) is 0 Å². The van der Waals surface area contributed by atoms with Gasteiger partial charge in [0.15, 0.2) is 0 Å². The molecule has 0 fully saturated rings. The van der Waals surface area contributed by atoms with E-state index in [2.05, 4.69) is 0 Å². The van der Waals surface area contributed by atoms with Gasteiger partial charge in [-0.1, -0.05) is 5.57 Å². The van der Waals surface area contributed by atoms with Crippen molar-refractivity contribution in [3.63, 3.8) is 0 Å². The Morgan fingerprint density at radius 2 is 2.06 bits per heavy atom. The summed E-state index contributed by atoms with van der Waals surface area (Å²) in [4.78, 5) is 10.0. The molecule has 0 aromatic heterocycles. The average molecular weight is 253 g/mol. The summed E-state index contributed by atoms with van der Waals surface area (Å²) in [5.41, 5.74) is 4.63. The lowest BCUT2D eigenvalue weighted by molar-refractivity contribution is -0.107. The lowest BCUT2D eigenvalue weighted by Crippen LogP contribution is -2.12. The Balaban J connectivity index is 4.24. The van der Waals surface area contributed by atoms with Crippen molar-refractivity contribution in [1.29, 1.82) is 0 Å². The van der Waals surface area contributed by atoms with Crippen molar-refractivity contribution in [2.24, 2.45) is 5.73 Å². The van der Waals surface area contributed by atoms with Gasteiger partial charge in [-0.25, -0.2) is 0 Å². The van der Waals surface area contributed by atoms with Gasteiger partial charge in [-0.3, -0.25) is 0 Å². The molecule has 0 aliphatic rings. The number of rotatable bonds is 6. The second kappa shape index (κ2) is 7.38. The molecule has 0 saturated carbocycles. The predicted molar refractivity (Wildman–Crippen MR) is 60.1 cm³/mol. The maximum absolute atomic E-state index is 12.3. The van der Waals surface area contributed by atoms with Gasteiger partial charge in [0, 0.05) is 24.1 Å². The SMILES string of the molecule is C/C(=C/C(=C\N)C(F)(F)F)CSCCC=O. The Hall–Kier alpha value is -0.910. The third kappa shape index (κ3) is 6.55. The molecule has 2 nitrogen and oxygen atoms in total. The van der Waals surface area contributed by atoms with Gasteiger partial charge < -0.3 is 10.5 Å². The lowest BCUT2D eigenvalue weighted by atomic mass is 10.2. The summed E-state index contributed by atoms with van der Waals surface area (Å²) in [7, 11) is 0. The topological polar surface area (TPSA) is 43.1 Å². The molecule has 0 aromatic carbocycles. The zero-order valence-electron chi connectivity index (χ0n) is 8.88. The Kier molecular flexibility index (Phi) is 6.96. The fraction of sp³-hybridized carbons (Fsp3) is 0.500. The quantitative estimate of drug-likeness (QED) is 0.449. The largest absolute Gasteiger partial charge is 0.417 e. The van der Waals surface area contributed by atoms with E-state index in [-0.39, 0.29) is 0 Å². The van der Waals surface area contributed by atoms with Crippen LogP contribution in [0, 0.1) is 0 Å². The number of hydrogen-bond donors (Lipinski definition) is 1. The smallest absolute Gasteiger partial charge is 0.404 e. The fourth-order valence-electron chi connectivity index (χ4n) is 0.896. The summed E-state index contributed by atoms with van der Waals surface area (Å²) in [5.74, 6) is 1.07. The van der Waals surface area contributed by atoms with E-state index in [0.29, 0.717) is 29.7 Å². The molecule has 0 amide bonds. The van der Waals surface area contributed by atoms with Crippen LogP contribution in [0.25, 0.3) is 0 Å². The van der Waals surface area contributed by atoms with Crippen molar-refractivity contribution < 1.29 is 18.0 Å². The van der Waals surface area contributed by atoms with Crippen molar-refractivity contribution >= 4 is 18.0 Å². The van der Waals surface area contributed by atoms with Crippen molar-refractivity contribution in [3.8, 4) is 0 Å². The summed E-state index contributed by atoms with van der Waals surface area (Å²) in [6.45, 7) is 1.60. The monoisotopic (exact) mass is 253 g/mol. The first kappa shape index (κ1) is 15.1. The number of carbonyl (C=O) groups is 1. The Bertz CT molecular complexity index is 284. The van der Waals surface area contributed by atoms with E-state index in [0.717, 1.165) is 12.4 Å². The molecule has 6 heteroatoms. The normalized spacial score (nSPS) is 14.0. The number of thioether (sulfide) groups is 1. The number of allylic oxidation sites excluding steroid dienone is 2. The molecule has 0 unspecified atom stereocenters. The minimum Gasteiger partial charge on any atom is -0.404 e. The molecule has 0 aliphatic carbocycles. The highest BCUT2D eigenvalue weighted by molar-refractivity contribution is 7.99. The molecule has 16 heavy (non-hydrogen) atoms. The highest BCUT2D eigenvalue weighted by atomic mass is 32.2. The van der Waals surface area contributed by atoms with Gasteiger partial charge in [-0.05, 0) is 13.0 Å². The average Bonchev–Trinajstić information content (AvgIpc) is 2.19. The number of nitrogens with two attached hydrogens (primary N) is 1. The first-order chi connectivity index (χ1) is 7.41. The minimum atomic E-state index is -4.41. The van der Waals surface area contributed by atoms with Crippen molar-refractivity contribution in [3.05, 3.63) is 23.4 Å². The van der Waals surface area contributed by atoms with E-state index in [4.69, 9.17) is 5.73 Å². The van der Waals surface area contributed by atoms with Crippen LogP contribution in [0.4, 0.5) is 13.2 Å². The number of halogens is 3. The highest BCUT2D eigenvalue weighted by Gasteiger charge is 2.31. The zero-order chi connectivity index (χ0) is 12.6. The van der Waals surface area contributed by atoms with Crippen LogP contribution in [0.2, 0.25) is 0 Å². The minimum absolute atomic E-state index is 0.413. The van der Waals surface area contributed by atoms with Crippen molar-refractivity contribution in [2.45, 2.75) is 19.5 Å². The summed E-state index contributed by atoms with van der Waals surface area (Å²) in [6.07, 6.45) is -1.64. The van der Waals surface area contributed by atoms with Crippen LogP contribution in [-0.2, 0) is 4.79 Å². The maximum Gasteiger partial charge on any atom is 0.417 e. The molecular weight excluding hydrogens is 239 g/mol. The summed E-state index contributed by atoms with van der Waals surface area (Å²) in [5, 5.41) is 0. The van der Waals surface area contributed by atoms with E-state index in [1.54, 1.807) is 6.92 Å². The second-order valence-electron chi connectivity index (χ2n) is 3.12. The van der Waals surface area contributed by atoms with E-state index < -0.39 is 11.7 Å². The van der Waals surface area contributed by atoms with Crippen LogP contribution in [0.15, 0.2) is 23.4 Å². The van der Waals surface area contributed by atoms with Crippen LogP contribution in [0.5, 0.6) is 0 Å². The van der Waals surface area contributed by atoms with Gasteiger partial charge in [0.2, 0.25) is 0 Å². The molecule has 0 radical (unpaired) electrons. The van der Waals surface area contributed by atoms with Gasteiger partial charge >= 0.3 is 6.18 Å². The molecule has 0 bridgehead atoms. The highest BCUT2D eigenvalue weighted by Crippen LogP contribution is 2.27. The van der Waals surface area contributed by atoms with Crippen LogP contribution in [0.1, 0.15) is 13.3 Å². The van der Waals surface area contributed by atoms with Crippen LogP contribution < -0.4 is 5.73 Å². The molecule has 2 N–H and O–H groups in total. The predicted octanol–water partition coefficient (Wildman–Crippen LogP) is 2.66. The Morgan fingerprint density at radius 3 is 2.50 bits per heavy atom. The number of alkyl halides is 3. The number of carbonyl (C=O) groups excluding carboxylic acids is 1. The standard InChI is InChI=1S/C10H14F3NOS/c1-8(7-16-4-2-3-15)5-9(6-14)10(11,12)13/h3,5-6H,2,4,7,14H2,1H3/b8-5-,9-6+. The van der Waals surface area contributed by atoms with Crippen LogP contribution in [-0.4, -0.2) is 24.0 Å². The van der Waals surface area contributed by atoms with E-state index >= 15 is 0 Å². The van der Waals surface area contributed by atoms with Crippen LogP contribution in [0.3, 0.4) is 0 Å². The Labute approximate surface area is 96.8 Å². The molecule has 92 valence electrons. The second-order valence-corrected chi connectivity index (χ2v) is 4.22. The number of aldehydes is 1. The summed E-state index contributed by atoms with van der Waals surface area (Å²) < 4.78 is 36.8. The Morgan fingerprint density at radius 1 is 1.44 bits per heavy atom. The fourth-order valence-corrected chi connectivity index (χ4v) is 1.71. The molecule has 0 atom stereocenters. The maximum atomic E-state index is 12.3. The first-order valence-corrected chi connectivity index (χ1v) is 5.75. The first-order valence-electron chi connectivity index (χ1n) is 4.59. The van der Waals surface area contributed by atoms with Crippen molar-refractivity contribution in [2.75, 3.05) is 11.5 Å². The van der Waals surface area contributed by atoms with E-state index in [9.17, 15) is 18.0 Å². The molecular formula is C10H14F3NOS. The molecule has 0 saturated heterocycles. The third-order valence-electron chi connectivity index (χ3n) is 1.62. The summed E-state index contributed by atoms with van der Waals surface area (Å²) >= 11 is 1.41. The molecule has 0 aromatic rings. The van der Waals surface area contributed by atoms with E-state index in [1.807, 2.05) is 0 Å². The third-order valence-corrected chi connectivity index (χ3v) is 2.80. The van der Waals surface area contributed by atoms with Crippen LogP contribution >= 0.6 is 11.8 Å². The molecule has 0 spiro atoms. The summed E-state index contributed by atoms with van der Waals surface area (Å²) in [6, 6.07) is 0. The molecule has 0 aliphatic heterocycles. The van der Waals surface area contributed by atoms with Gasteiger partial charge in [0.1, 0.15) is 6.29 Å². The van der Waals surface area contributed by atoms with Gasteiger partial charge in [0.05, 0.1) is 5.57 Å². The molecule has 0 rings (SSSR count). The lowest BCUT2D eigenvalue weighted by Gasteiger charge is -2.08. The van der Waals surface area contributed by atoms with E-state index in [1.165, 1.54) is 11.8 Å².